The van der Waals surface area contributed by atoms with E-state index in [0.29, 0.717) is 0 Å². The van der Waals surface area contributed by atoms with Gasteiger partial charge in [0.15, 0.2) is 0 Å². The third-order valence-electron chi connectivity index (χ3n) is 4.09. The van der Waals surface area contributed by atoms with Crippen molar-refractivity contribution in [3.05, 3.63) is 58.1 Å². The molecule has 0 heteroatoms. The minimum absolute atomic E-state index is 1.25. The lowest BCUT2D eigenvalue weighted by Crippen LogP contribution is -1.94. The summed E-state index contributed by atoms with van der Waals surface area (Å²) in [7, 11) is 0. The van der Waals surface area contributed by atoms with Crippen molar-refractivity contribution in [1.82, 2.24) is 0 Å². The molecule has 0 spiro atoms. The molecule has 0 amide bonds. The highest BCUT2D eigenvalue weighted by atomic mass is 14.2. The van der Waals surface area contributed by atoms with Crippen molar-refractivity contribution < 1.29 is 0 Å². The number of hydrogen-bond donors (Lipinski definition) is 0. The van der Waals surface area contributed by atoms with E-state index in [2.05, 4.69) is 51.1 Å². The molecule has 0 N–H and O–H groups in total. The summed E-state index contributed by atoms with van der Waals surface area (Å²) >= 11 is 0. The summed E-state index contributed by atoms with van der Waals surface area (Å²) in [5, 5.41) is 0. The Kier molecular flexibility index (Phi) is 2.74. The van der Waals surface area contributed by atoms with E-state index < -0.39 is 0 Å². The minimum atomic E-state index is 1.25. The molecule has 0 aliphatic heterocycles. The normalized spacial score (nSPS) is 13.7. The van der Waals surface area contributed by atoms with Crippen LogP contribution in [0.2, 0.25) is 0 Å². The lowest BCUT2D eigenvalue weighted by atomic mass is 9.89. The fourth-order valence-electron chi connectivity index (χ4n) is 3.46. The Hall–Kier alpha value is -1.56. The predicted molar refractivity (Wildman–Crippen MR) is 78.1 cm³/mol. The van der Waals surface area contributed by atoms with Crippen molar-refractivity contribution in [3.63, 3.8) is 0 Å². The Balaban J connectivity index is 2.25. The Morgan fingerprint density at radius 3 is 2.33 bits per heavy atom. The summed E-state index contributed by atoms with van der Waals surface area (Å²) < 4.78 is 0. The van der Waals surface area contributed by atoms with E-state index in [-0.39, 0.29) is 0 Å². The highest BCUT2D eigenvalue weighted by molar-refractivity contribution is 5.75. The van der Waals surface area contributed by atoms with Crippen LogP contribution in [0, 0.1) is 20.8 Å². The zero-order chi connectivity index (χ0) is 12.7. The van der Waals surface area contributed by atoms with E-state index >= 15 is 0 Å². The van der Waals surface area contributed by atoms with E-state index in [9.17, 15) is 0 Å². The van der Waals surface area contributed by atoms with E-state index in [0.717, 1.165) is 0 Å². The summed E-state index contributed by atoms with van der Waals surface area (Å²) in [5.74, 6) is 0. The van der Waals surface area contributed by atoms with Crippen LogP contribution >= 0.6 is 0 Å². The minimum Gasteiger partial charge on any atom is -0.0614 e. The Labute approximate surface area is 110 Å². The number of rotatable bonds is 1. The van der Waals surface area contributed by atoms with Gasteiger partial charge in [0.05, 0.1) is 0 Å². The molecule has 0 saturated heterocycles. The molecule has 0 saturated carbocycles. The average molecular weight is 236 g/mol. The van der Waals surface area contributed by atoms with Crippen molar-refractivity contribution >= 4 is 0 Å². The smallest absolute Gasteiger partial charge is 0.0122 e. The first-order chi connectivity index (χ1) is 8.66. The molecule has 0 nitrogen and oxygen atoms in total. The van der Waals surface area contributed by atoms with E-state index in [1.165, 1.54) is 47.1 Å². The van der Waals surface area contributed by atoms with Crippen LogP contribution in [0.25, 0.3) is 11.1 Å². The lowest BCUT2D eigenvalue weighted by molar-refractivity contribution is 0.912. The van der Waals surface area contributed by atoms with Crippen LogP contribution in [0.3, 0.4) is 0 Å². The third-order valence-corrected chi connectivity index (χ3v) is 4.09. The SMILES string of the molecule is Cc1cc(C)c(-c2cccc3c2CCC3)c(C)c1. The van der Waals surface area contributed by atoms with Gasteiger partial charge in [-0.1, -0.05) is 35.9 Å². The first kappa shape index (κ1) is 11.5. The second-order valence-corrected chi connectivity index (χ2v) is 5.57. The van der Waals surface area contributed by atoms with Gasteiger partial charge in [-0.3, -0.25) is 0 Å². The number of benzene rings is 2. The zero-order valence-electron chi connectivity index (χ0n) is 11.5. The summed E-state index contributed by atoms with van der Waals surface area (Å²) in [4.78, 5) is 0. The maximum absolute atomic E-state index is 2.30. The maximum atomic E-state index is 2.30. The molecule has 2 aromatic carbocycles. The van der Waals surface area contributed by atoms with Crippen LogP contribution in [0.1, 0.15) is 34.2 Å². The predicted octanol–water partition coefficient (Wildman–Crippen LogP) is 4.77. The molecular weight excluding hydrogens is 216 g/mol. The molecule has 0 aromatic heterocycles. The highest BCUT2D eigenvalue weighted by Gasteiger charge is 2.17. The number of aryl methyl sites for hydroxylation is 4. The van der Waals surface area contributed by atoms with Crippen molar-refractivity contribution in [1.29, 1.82) is 0 Å². The Bertz CT molecular complexity index is 582. The van der Waals surface area contributed by atoms with Gasteiger partial charge in [0.1, 0.15) is 0 Å². The number of fused-ring (bicyclic) bond motifs is 1. The van der Waals surface area contributed by atoms with Crippen molar-refractivity contribution in [2.24, 2.45) is 0 Å². The molecule has 1 aliphatic rings. The second-order valence-electron chi connectivity index (χ2n) is 5.57. The monoisotopic (exact) mass is 236 g/mol. The summed E-state index contributed by atoms with van der Waals surface area (Å²) in [6, 6.07) is 11.4. The molecular formula is C18H20. The molecule has 0 atom stereocenters. The van der Waals surface area contributed by atoms with Gasteiger partial charge >= 0.3 is 0 Å². The molecule has 0 radical (unpaired) electrons. The van der Waals surface area contributed by atoms with Crippen LogP contribution in [0.5, 0.6) is 0 Å². The molecule has 18 heavy (non-hydrogen) atoms. The van der Waals surface area contributed by atoms with Crippen molar-refractivity contribution in [3.8, 4) is 11.1 Å². The standard InChI is InChI=1S/C18H20/c1-12-10-13(2)18(14(3)11-12)17-9-5-7-15-6-4-8-16(15)17/h5,7,9-11H,4,6,8H2,1-3H3. The van der Waals surface area contributed by atoms with Gasteiger partial charge in [0, 0.05) is 0 Å². The Morgan fingerprint density at radius 2 is 1.61 bits per heavy atom. The molecule has 1 aliphatic carbocycles. The summed E-state index contributed by atoms with van der Waals surface area (Å²) in [6.07, 6.45) is 3.82. The fraction of sp³-hybridized carbons (Fsp3) is 0.333. The average Bonchev–Trinajstić information content (AvgIpc) is 2.76. The van der Waals surface area contributed by atoms with Gasteiger partial charge in [-0.15, -0.1) is 0 Å². The van der Waals surface area contributed by atoms with Gasteiger partial charge in [0.2, 0.25) is 0 Å². The largest absolute Gasteiger partial charge is 0.0614 e. The lowest BCUT2D eigenvalue weighted by Gasteiger charge is -2.15. The van der Waals surface area contributed by atoms with Gasteiger partial charge in [0.25, 0.3) is 0 Å². The van der Waals surface area contributed by atoms with E-state index in [4.69, 9.17) is 0 Å². The van der Waals surface area contributed by atoms with Crippen molar-refractivity contribution in [2.75, 3.05) is 0 Å². The van der Waals surface area contributed by atoms with Gasteiger partial charge in [-0.2, -0.15) is 0 Å². The first-order valence-corrected chi connectivity index (χ1v) is 6.86. The van der Waals surface area contributed by atoms with Gasteiger partial charge in [-0.05, 0) is 73.4 Å². The van der Waals surface area contributed by atoms with Crippen LogP contribution in [0.15, 0.2) is 30.3 Å². The first-order valence-electron chi connectivity index (χ1n) is 6.86. The van der Waals surface area contributed by atoms with Gasteiger partial charge in [-0.25, -0.2) is 0 Å². The Morgan fingerprint density at radius 1 is 0.889 bits per heavy atom. The molecule has 2 aromatic rings. The molecule has 92 valence electrons. The molecule has 0 bridgehead atoms. The van der Waals surface area contributed by atoms with Crippen LogP contribution < -0.4 is 0 Å². The van der Waals surface area contributed by atoms with Crippen LogP contribution in [-0.4, -0.2) is 0 Å². The van der Waals surface area contributed by atoms with Gasteiger partial charge < -0.3 is 0 Å². The summed E-state index contributed by atoms with van der Waals surface area (Å²) in [6.45, 7) is 6.66. The zero-order valence-corrected chi connectivity index (χ0v) is 11.5. The van der Waals surface area contributed by atoms with E-state index in [1.807, 2.05) is 0 Å². The number of hydrogen-bond acceptors (Lipinski definition) is 0. The van der Waals surface area contributed by atoms with Crippen LogP contribution in [0.4, 0.5) is 0 Å². The fourth-order valence-corrected chi connectivity index (χ4v) is 3.46. The quantitative estimate of drug-likeness (QED) is 0.669. The summed E-state index contributed by atoms with van der Waals surface area (Å²) in [5.41, 5.74) is 10.3. The van der Waals surface area contributed by atoms with E-state index in [1.54, 1.807) is 11.1 Å². The highest BCUT2D eigenvalue weighted by Crippen LogP contribution is 2.36. The van der Waals surface area contributed by atoms with Crippen LogP contribution in [-0.2, 0) is 12.8 Å². The molecule has 0 fully saturated rings. The van der Waals surface area contributed by atoms with Crippen molar-refractivity contribution in [2.45, 2.75) is 40.0 Å². The maximum Gasteiger partial charge on any atom is -0.0122 e. The molecule has 3 rings (SSSR count). The molecule has 0 heterocycles. The second kappa shape index (κ2) is 4.28. The topological polar surface area (TPSA) is 0 Å². The third kappa shape index (κ3) is 1.77. The molecule has 0 unspecified atom stereocenters.